The van der Waals surface area contributed by atoms with Gasteiger partial charge in [0.05, 0.1) is 0 Å². The molecule has 1 aliphatic rings. The second kappa shape index (κ2) is 3.40. The third-order valence-electron chi connectivity index (χ3n) is 2.18. The Morgan fingerprint density at radius 1 is 1.00 bits per heavy atom. The Kier molecular flexibility index (Phi) is 2.09. The number of hydrogen-bond donors (Lipinski definition) is 1. The molecule has 1 N–H and O–H groups in total. The largest absolute Gasteiger partial charge is 0.304 e. The average molecular weight is 169 g/mol. The highest BCUT2D eigenvalue weighted by molar-refractivity contribution is 6.00. The molecule has 0 saturated carbocycles. The molecule has 1 atom stereocenters. The molecule has 0 saturated heterocycles. The molecule has 1 heteroatoms. The van der Waals surface area contributed by atoms with Crippen LogP contribution in [0.15, 0.2) is 54.6 Å². The monoisotopic (exact) mass is 169 g/mol. The van der Waals surface area contributed by atoms with Gasteiger partial charge < -0.3 is 5.41 Å². The first-order valence-corrected chi connectivity index (χ1v) is 4.36. The van der Waals surface area contributed by atoms with Crippen LogP contribution >= 0.6 is 0 Å². The maximum atomic E-state index is 7.75. The minimum Gasteiger partial charge on any atom is -0.304 e. The first kappa shape index (κ1) is 7.99. The molecule has 0 amide bonds. The van der Waals surface area contributed by atoms with Crippen molar-refractivity contribution >= 4 is 5.71 Å². The second-order valence-electron chi connectivity index (χ2n) is 3.09. The minimum atomic E-state index is 0.145. The molecule has 1 aromatic rings. The van der Waals surface area contributed by atoms with Crippen LogP contribution in [-0.2, 0) is 0 Å². The summed E-state index contributed by atoms with van der Waals surface area (Å²) in [7, 11) is 0. The third-order valence-corrected chi connectivity index (χ3v) is 2.18. The molecule has 1 aliphatic carbocycles. The Morgan fingerprint density at radius 3 is 2.46 bits per heavy atom. The quantitative estimate of drug-likeness (QED) is 0.668. The van der Waals surface area contributed by atoms with Crippen molar-refractivity contribution in [1.82, 2.24) is 0 Å². The first-order chi connectivity index (χ1) is 6.38. The molecule has 1 nitrogen and oxygen atoms in total. The Hall–Kier alpha value is -1.63. The molecule has 0 fully saturated rings. The molecule has 0 bridgehead atoms. The van der Waals surface area contributed by atoms with Gasteiger partial charge in [0.15, 0.2) is 0 Å². The van der Waals surface area contributed by atoms with Crippen LogP contribution < -0.4 is 0 Å². The summed E-state index contributed by atoms with van der Waals surface area (Å²) in [5.41, 5.74) is 1.85. The van der Waals surface area contributed by atoms with Crippen LogP contribution in [0.25, 0.3) is 0 Å². The van der Waals surface area contributed by atoms with E-state index < -0.39 is 0 Å². The van der Waals surface area contributed by atoms with E-state index in [9.17, 15) is 0 Å². The molecule has 0 spiro atoms. The van der Waals surface area contributed by atoms with Crippen molar-refractivity contribution in [2.45, 2.75) is 5.92 Å². The lowest BCUT2D eigenvalue weighted by Gasteiger charge is -2.14. The Morgan fingerprint density at radius 2 is 1.77 bits per heavy atom. The van der Waals surface area contributed by atoms with Gasteiger partial charge in [-0.25, -0.2) is 0 Å². The van der Waals surface area contributed by atoms with Gasteiger partial charge in [0.1, 0.15) is 0 Å². The van der Waals surface area contributed by atoms with Crippen LogP contribution in [0.5, 0.6) is 0 Å². The van der Waals surface area contributed by atoms with Crippen molar-refractivity contribution in [1.29, 1.82) is 5.41 Å². The van der Waals surface area contributed by atoms with Gasteiger partial charge in [-0.15, -0.1) is 0 Å². The topological polar surface area (TPSA) is 23.9 Å². The fraction of sp³-hybridized carbons (Fsp3) is 0.0833. The molecule has 2 rings (SSSR count). The van der Waals surface area contributed by atoms with Crippen molar-refractivity contribution in [2.75, 3.05) is 0 Å². The van der Waals surface area contributed by atoms with Gasteiger partial charge in [0.25, 0.3) is 0 Å². The van der Waals surface area contributed by atoms with E-state index in [-0.39, 0.29) is 5.92 Å². The van der Waals surface area contributed by atoms with Crippen LogP contribution in [0.4, 0.5) is 0 Å². The smallest absolute Gasteiger partial charge is 0.0438 e. The van der Waals surface area contributed by atoms with Crippen molar-refractivity contribution in [3.05, 3.63) is 60.2 Å². The van der Waals surface area contributed by atoms with Gasteiger partial charge in [-0.2, -0.15) is 0 Å². The lowest BCUT2D eigenvalue weighted by molar-refractivity contribution is 1.12. The van der Waals surface area contributed by atoms with E-state index in [1.165, 1.54) is 5.56 Å². The number of nitrogens with one attached hydrogen (secondary N) is 1. The van der Waals surface area contributed by atoms with E-state index >= 15 is 0 Å². The standard InChI is InChI=1S/C12H11N/c13-12-9-5-4-8-11(12)10-6-2-1-3-7-10/h1-9,11,13H. The van der Waals surface area contributed by atoms with E-state index in [0.29, 0.717) is 5.71 Å². The summed E-state index contributed by atoms with van der Waals surface area (Å²) in [5.74, 6) is 0.145. The summed E-state index contributed by atoms with van der Waals surface area (Å²) in [4.78, 5) is 0. The van der Waals surface area contributed by atoms with Crippen molar-refractivity contribution in [3.63, 3.8) is 0 Å². The number of benzene rings is 1. The maximum Gasteiger partial charge on any atom is 0.0438 e. The number of hydrogen-bond acceptors (Lipinski definition) is 1. The molecule has 1 unspecified atom stereocenters. The number of allylic oxidation sites excluding steroid dienone is 4. The van der Waals surface area contributed by atoms with Crippen LogP contribution in [0, 0.1) is 5.41 Å². The number of rotatable bonds is 1. The molecular formula is C12H11N. The van der Waals surface area contributed by atoms with Gasteiger partial charge in [-0.05, 0) is 11.6 Å². The Balaban J connectivity index is 2.32. The highest BCUT2D eigenvalue weighted by Gasteiger charge is 2.12. The lowest BCUT2D eigenvalue weighted by atomic mass is 9.91. The lowest BCUT2D eigenvalue weighted by Crippen LogP contribution is -2.08. The SMILES string of the molecule is N=C1C=CC=CC1c1ccccc1. The zero-order valence-electron chi connectivity index (χ0n) is 7.27. The molecule has 0 radical (unpaired) electrons. The van der Waals surface area contributed by atoms with Gasteiger partial charge in [-0.1, -0.05) is 48.6 Å². The Bertz CT molecular complexity index is 360. The van der Waals surface area contributed by atoms with E-state index in [0.717, 1.165) is 0 Å². The van der Waals surface area contributed by atoms with E-state index in [1.54, 1.807) is 0 Å². The molecule has 13 heavy (non-hydrogen) atoms. The normalized spacial score (nSPS) is 20.6. The highest BCUT2D eigenvalue weighted by Crippen LogP contribution is 2.21. The predicted molar refractivity (Wildman–Crippen MR) is 55.2 cm³/mol. The van der Waals surface area contributed by atoms with E-state index in [1.807, 2.05) is 36.4 Å². The van der Waals surface area contributed by atoms with E-state index in [4.69, 9.17) is 5.41 Å². The zero-order chi connectivity index (χ0) is 9.10. The van der Waals surface area contributed by atoms with Crippen molar-refractivity contribution in [2.24, 2.45) is 0 Å². The molecule has 0 aromatic heterocycles. The third kappa shape index (κ3) is 1.59. The second-order valence-corrected chi connectivity index (χ2v) is 3.09. The summed E-state index contributed by atoms with van der Waals surface area (Å²) in [6, 6.07) is 10.1. The highest BCUT2D eigenvalue weighted by atomic mass is 14.4. The Labute approximate surface area is 77.9 Å². The minimum absolute atomic E-state index is 0.145. The molecule has 0 aliphatic heterocycles. The van der Waals surface area contributed by atoms with Crippen LogP contribution in [-0.4, -0.2) is 5.71 Å². The van der Waals surface area contributed by atoms with Crippen LogP contribution in [0.2, 0.25) is 0 Å². The summed E-state index contributed by atoms with van der Waals surface area (Å²) in [6.07, 6.45) is 7.80. The van der Waals surface area contributed by atoms with Crippen molar-refractivity contribution in [3.8, 4) is 0 Å². The predicted octanol–water partition coefficient (Wildman–Crippen LogP) is 2.92. The summed E-state index contributed by atoms with van der Waals surface area (Å²) < 4.78 is 0. The molecular weight excluding hydrogens is 158 g/mol. The van der Waals surface area contributed by atoms with Crippen molar-refractivity contribution < 1.29 is 0 Å². The summed E-state index contributed by atoms with van der Waals surface area (Å²) in [5, 5.41) is 7.75. The van der Waals surface area contributed by atoms with E-state index in [2.05, 4.69) is 18.2 Å². The molecule has 64 valence electrons. The van der Waals surface area contributed by atoms with Gasteiger partial charge in [-0.3, -0.25) is 0 Å². The first-order valence-electron chi connectivity index (χ1n) is 4.36. The fourth-order valence-electron chi connectivity index (χ4n) is 1.49. The van der Waals surface area contributed by atoms with Gasteiger partial charge >= 0.3 is 0 Å². The summed E-state index contributed by atoms with van der Waals surface area (Å²) >= 11 is 0. The fourth-order valence-corrected chi connectivity index (χ4v) is 1.49. The summed E-state index contributed by atoms with van der Waals surface area (Å²) in [6.45, 7) is 0. The average Bonchev–Trinajstić information content (AvgIpc) is 2.20. The van der Waals surface area contributed by atoms with Crippen LogP contribution in [0.3, 0.4) is 0 Å². The maximum absolute atomic E-state index is 7.75. The van der Waals surface area contributed by atoms with Crippen LogP contribution in [0.1, 0.15) is 11.5 Å². The molecule has 0 heterocycles. The molecule has 1 aromatic carbocycles. The van der Waals surface area contributed by atoms with Gasteiger partial charge in [0, 0.05) is 11.6 Å². The van der Waals surface area contributed by atoms with Gasteiger partial charge in [0.2, 0.25) is 0 Å². The zero-order valence-corrected chi connectivity index (χ0v) is 7.27.